The van der Waals surface area contributed by atoms with Crippen molar-refractivity contribution in [2.45, 2.75) is 12.5 Å². The molecule has 1 heterocycles. The molecule has 0 amide bonds. The van der Waals surface area contributed by atoms with E-state index in [1.165, 1.54) is 5.56 Å². The Morgan fingerprint density at radius 1 is 1.20 bits per heavy atom. The van der Waals surface area contributed by atoms with E-state index in [0.29, 0.717) is 12.1 Å². The monoisotopic (exact) mass is 269 g/mol. The van der Waals surface area contributed by atoms with Crippen LogP contribution in [0, 0.1) is 0 Å². The topological polar surface area (TPSA) is 58.6 Å². The standard InChI is InChI=1S/C16H15NO3/c18-16(19)11-5-7-13(8-6-11)17-10-14-9-12-3-1-2-4-15(12)20-14/h1-8,14,17H,9-10H2,(H,18,19). The van der Waals surface area contributed by atoms with Gasteiger partial charge in [0.25, 0.3) is 0 Å². The van der Waals surface area contributed by atoms with Gasteiger partial charge in [-0.3, -0.25) is 0 Å². The van der Waals surface area contributed by atoms with Gasteiger partial charge < -0.3 is 15.2 Å². The van der Waals surface area contributed by atoms with Crippen molar-refractivity contribution in [3.63, 3.8) is 0 Å². The summed E-state index contributed by atoms with van der Waals surface area (Å²) < 4.78 is 5.83. The van der Waals surface area contributed by atoms with Crippen molar-refractivity contribution in [1.29, 1.82) is 0 Å². The summed E-state index contributed by atoms with van der Waals surface area (Å²) >= 11 is 0. The largest absolute Gasteiger partial charge is 0.488 e. The van der Waals surface area contributed by atoms with E-state index in [2.05, 4.69) is 11.4 Å². The number of ether oxygens (including phenoxy) is 1. The number of fused-ring (bicyclic) bond motifs is 1. The zero-order valence-electron chi connectivity index (χ0n) is 10.9. The zero-order chi connectivity index (χ0) is 13.9. The molecule has 2 aromatic carbocycles. The van der Waals surface area contributed by atoms with Gasteiger partial charge >= 0.3 is 5.97 Å². The number of carboxylic acid groups (broad SMARTS) is 1. The maximum Gasteiger partial charge on any atom is 0.335 e. The molecule has 0 bridgehead atoms. The number of nitrogens with one attached hydrogen (secondary N) is 1. The number of anilines is 1. The SMILES string of the molecule is O=C(O)c1ccc(NCC2Cc3ccccc3O2)cc1. The molecule has 0 aliphatic carbocycles. The Morgan fingerprint density at radius 3 is 2.65 bits per heavy atom. The maximum atomic E-state index is 10.8. The fourth-order valence-corrected chi connectivity index (χ4v) is 2.33. The average Bonchev–Trinajstić information content (AvgIpc) is 2.88. The Hall–Kier alpha value is -2.49. The van der Waals surface area contributed by atoms with Crippen molar-refractivity contribution < 1.29 is 14.6 Å². The molecule has 0 spiro atoms. The summed E-state index contributed by atoms with van der Waals surface area (Å²) in [7, 11) is 0. The van der Waals surface area contributed by atoms with Crippen LogP contribution < -0.4 is 10.1 Å². The second-order valence-electron chi connectivity index (χ2n) is 4.82. The van der Waals surface area contributed by atoms with Crippen molar-refractivity contribution in [1.82, 2.24) is 0 Å². The van der Waals surface area contributed by atoms with Gasteiger partial charge in [-0.2, -0.15) is 0 Å². The molecule has 0 aromatic heterocycles. The quantitative estimate of drug-likeness (QED) is 0.896. The number of aromatic carboxylic acids is 1. The lowest BCUT2D eigenvalue weighted by Gasteiger charge is -2.13. The van der Waals surface area contributed by atoms with E-state index in [0.717, 1.165) is 17.9 Å². The van der Waals surface area contributed by atoms with E-state index in [1.807, 2.05) is 18.2 Å². The molecule has 2 N–H and O–H groups in total. The first-order chi connectivity index (χ1) is 9.72. The minimum atomic E-state index is -0.911. The van der Waals surface area contributed by atoms with Crippen molar-refractivity contribution in [3.8, 4) is 5.75 Å². The minimum absolute atomic E-state index is 0.117. The molecule has 1 atom stereocenters. The van der Waals surface area contributed by atoms with Crippen LogP contribution in [0.3, 0.4) is 0 Å². The third-order valence-electron chi connectivity index (χ3n) is 3.38. The zero-order valence-corrected chi connectivity index (χ0v) is 10.9. The first kappa shape index (κ1) is 12.5. The molecule has 102 valence electrons. The van der Waals surface area contributed by atoms with E-state index >= 15 is 0 Å². The lowest BCUT2D eigenvalue weighted by Crippen LogP contribution is -2.23. The molecule has 1 unspecified atom stereocenters. The molecule has 3 rings (SSSR count). The van der Waals surface area contributed by atoms with Gasteiger partial charge in [-0.1, -0.05) is 18.2 Å². The molecule has 0 saturated carbocycles. The fraction of sp³-hybridized carbons (Fsp3) is 0.188. The van der Waals surface area contributed by atoms with Gasteiger partial charge in [-0.05, 0) is 35.9 Å². The molecule has 0 fully saturated rings. The normalized spacial score (nSPS) is 16.3. The number of hydrogen-bond acceptors (Lipinski definition) is 3. The van der Waals surface area contributed by atoms with Crippen LogP contribution in [-0.4, -0.2) is 23.7 Å². The third-order valence-corrected chi connectivity index (χ3v) is 3.38. The summed E-state index contributed by atoms with van der Waals surface area (Å²) in [4.78, 5) is 10.8. The Balaban J connectivity index is 1.57. The van der Waals surface area contributed by atoms with Crippen LogP contribution in [0.2, 0.25) is 0 Å². The van der Waals surface area contributed by atoms with Crippen LogP contribution >= 0.6 is 0 Å². The molecule has 2 aromatic rings. The first-order valence-corrected chi connectivity index (χ1v) is 6.54. The van der Waals surface area contributed by atoms with Gasteiger partial charge in [0.15, 0.2) is 0 Å². The summed E-state index contributed by atoms with van der Waals surface area (Å²) in [6.07, 6.45) is 1.02. The predicted molar refractivity (Wildman–Crippen MR) is 76.5 cm³/mol. The molecule has 1 aliphatic rings. The summed E-state index contributed by atoms with van der Waals surface area (Å²) in [5.74, 6) is 0.0478. The van der Waals surface area contributed by atoms with Gasteiger partial charge in [-0.15, -0.1) is 0 Å². The molecule has 20 heavy (non-hydrogen) atoms. The summed E-state index contributed by atoms with van der Waals surface area (Å²) in [6, 6.07) is 14.8. The van der Waals surface area contributed by atoms with E-state index in [4.69, 9.17) is 9.84 Å². The lowest BCUT2D eigenvalue weighted by molar-refractivity contribution is 0.0697. The smallest absolute Gasteiger partial charge is 0.335 e. The van der Waals surface area contributed by atoms with E-state index < -0.39 is 5.97 Å². The van der Waals surface area contributed by atoms with Gasteiger partial charge in [-0.25, -0.2) is 4.79 Å². The third kappa shape index (κ3) is 2.59. The maximum absolute atomic E-state index is 10.8. The summed E-state index contributed by atoms with van der Waals surface area (Å²) in [5.41, 5.74) is 2.43. The summed E-state index contributed by atoms with van der Waals surface area (Å²) in [6.45, 7) is 0.696. The number of hydrogen-bond donors (Lipinski definition) is 2. The van der Waals surface area contributed by atoms with Crippen LogP contribution in [0.25, 0.3) is 0 Å². The van der Waals surface area contributed by atoms with Crippen molar-refractivity contribution in [3.05, 3.63) is 59.7 Å². The lowest BCUT2D eigenvalue weighted by atomic mass is 10.1. The number of para-hydroxylation sites is 1. The Labute approximate surface area is 117 Å². The highest BCUT2D eigenvalue weighted by Gasteiger charge is 2.21. The molecular formula is C16H15NO3. The van der Waals surface area contributed by atoms with Crippen LogP contribution in [0.15, 0.2) is 48.5 Å². The van der Waals surface area contributed by atoms with Crippen LogP contribution in [0.4, 0.5) is 5.69 Å². The van der Waals surface area contributed by atoms with Crippen LogP contribution in [0.5, 0.6) is 5.75 Å². The Morgan fingerprint density at radius 2 is 1.95 bits per heavy atom. The number of rotatable bonds is 4. The van der Waals surface area contributed by atoms with Gasteiger partial charge in [0.05, 0.1) is 12.1 Å². The molecular weight excluding hydrogens is 254 g/mol. The number of carboxylic acids is 1. The van der Waals surface area contributed by atoms with Crippen LogP contribution in [0.1, 0.15) is 15.9 Å². The first-order valence-electron chi connectivity index (χ1n) is 6.54. The van der Waals surface area contributed by atoms with Gasteiger partial charge in [0.2, 0.25) is 0 Å². The molecule has 1 aliphatic heterocycles. The molecule has 4 nitrogen and oxygen atoms in total. The number of carbonyl (C=O) groups is 1. The van der Waals surface area contributed by atoms with E-state index in [9.17, 15) is 4.79 Å². The van der Waals surface area contributed by atoms with Crippen molar-refractivity contribution in [2.75, 3.05) is 11.9 Å². The van der Waals surface area contributed by atoms with E-state index in [-0.39, 0.29) is 6.10 Å². The predicted octanol–water partition coefficient (Wildman–Crippen LogP) is 2.80. The fourth-order valence-electron chi connectivity index (χ4n) is 2.33. The second kappa shape index (κ2) is 5.25. The van der Waals surface area contributed by atoms with E-state index in [1.54, 1.807) is 24.3 Å². The molecule has 4 heteroatoms. The number of benzene rings is 2. The van der Waals surface area contributed by atoms with Crippen molar-refractivity contribution >= 4 is 11.7 Å². The summed E-state index contributed by atoms with van der Waals surface area (Å²) in [5, 5.41) is 12.1. The Bertz CT molecular complexity index is 597. The molecule has 0 saturated heterocycles. The average molecular weight is 269 g/mol. The van der Waals surface area contributed by atoms with Crippen molar-refractivity contribution in [2.24, 2.45) is 0 Å². The highest BCUT2D eigenvalue weighted by Crippen LogP contribution is 2.28. The molecule has 0 radical (unpaired) electrons. The Kier molecular flexibility index (Phi) is 3.29. The van der Waals surface area contributed by atoms with Crippen LogP contribution in [-0.2, 0) is 6.42 Å². The second-order valence-corrected chi connectivity index (χ2v) is 4.82. The minimum Gasteiger partial charge on any atom is -0.488 e. The van der Waals surface area contributed by atoms with Gasteiger partial charge in [0, 0.05) is 12.1 Å². The highest BCUT2D eigenvalue weighted by molar-refractivity contribution is 5.87. The highest BCUT2D eigenvalue weighted by atomic mass is 16.5. The van der Waals surface area contributed by atoms with Gasteiger partial charge in [0.1, 0.15) is 11.9 Å².